The number of ether oxygens (including phenoxy) is 4. The molecule has 1 saturated heterocycles. The molecule has 5 rings (SSSR count). The molecule has 1 N–H and O–H groups in total. The molecule has 0 radical (unpaired) electrons. The number of amides is 2. The molecule has 14 nitrogen and oxygen atoms in total. The number of benzene rings is 1. The summed E-state index contributed by atoms with van der Waals surface area (Å²) in [6, 6.07) is 6.19. The van der Waals surface area contributed by atoms with Crippen LogP contribution in [0.5, 0.6) is 11.6 Å². The zero-order valence-corrected chi connectivity index (χ0v) is 33.2. The van der Waals surface area contributed by atoms with Crippen molar-refractivity contribution in [2.24, 2.45) is 22.7 Å². The summed E-state index contributed by atoms with van der Waals surface area (Å²) in [6.45, 7) is 14.5. The molecule has 296 valence electrons. The van der Waals surface area contributed by atoms with E-state index in [4.69, 9.17) is 23.1 Å². The molecule has 2 aromatic rings. The first-order valence-electron chi connectivity index (χ1n) is 18.2. The van der Waals surface area contributed by atoms with Crippen LogP contribution in [0.2, 0.25) is 0 Å². The number of aromatic nitrogens is 1. The van der Waals surface area contributed by atoms with Crippen molar-refractivity contribution in [1.29, 1.82) is 0 Å². The van der Waals surface area contributed by atoms with E-state index in [2.05, 4.69) is 11.6 Å². The van der Waals surface area contributed by atoms with E-state index in [9.17, 15) is 27.6 Å². The summed E-state index contributed by atoms with van der Waals surface area (Å²) in [4.78, 5) is 61.9. The summed E-state index contributed by atoms with van der Waals surface area (Å²) in [5, 5.41) is 1.51. The van der Waals surface area contributed by atoms with Crippen molar-refractivity contribution in [2.45, 2.75) is 103 Å². The van der Waals surface area contributed by atoms with Crippen molar-refractivity contribution < 1.29 is 50.7 Å². The van der Waals surface area contributed by atoms with Gasteiger partial charge in [0.05, 0.1) is 49.7 Å². The lowest BCUT2D eigenvalue weighted by atomic mass is 9.77. The predicted molar refractivity (Wildman–Crippen MR) is 199 cm³/mol. The zero-order valence-electron chi connectivity index (χ0n) is 32.4. The molecule has 5 atom stereocenters. The number of carbonyl (C=O) groups excluding carboxylic acids is 4. The smallest absolute Gasteiger partial charge is 0.362 e. The van der Waals surface area contributed by atoms with E-state index < -0.39 is 79.9 Å². The number of ketones is 1. The second-order valence-electron chi connectivity index (χ2n) is 16.7. The van der Waals surface area contributed by atoms with Crippen LogP contribution < -0.4 is 14.2 Å². The molecule has 2 heterocycles. The Kier molecular flexibility index (Phi) is 11.6. The molecule has 15 heteroatoms. The largest absolute Gasteiger partial charge is 0.497 e. The Labute approximate surface area is 317 Å². The van der Waals surface area contributed by atoms with E-state index in [1.54, 1.807) is 40.1 Å². The number of fused-ring (bicyclic) bond motifs is 1. The van der Waals surface area contributed by atoms with Gasteiger partial charge in [0.1, 0.15) is 17.5 Å². The van der Waals surface area contributed by atoms with Crippen LogP contribution in [-0.4, -0.2) is 92.6 Å². The monoisotopic (exact) mass is 771 g/mol. The first-order chi connectivity index (χ1) is 25.1. The van der Waals surface area contributed by atoms with Crippen LogP contribution in [0.15, 0.2) is 43.1 Å². The zero-order chi connectivity index (χ0) is 39.9. The highest BCUT2D eigenvalue weighted by atomic mass is 32.2. The maximum Gasteiger partial charge on any atom is 0.362 e. The lowest BCUT2D eigenvalue weighted by Gasteiger charge is -2.35. The summed E-state index contributed by atoms with van der Waals surface area (Å²) < 4.78 is 55.5. The van der Waals surface area contributed by atoms with Crippen LogP contribution in [0.1, 0.15) is 80.1 Å². The summed E-state index contributed by atoms with van der Waals surface area (Å²) >= 11 is 0. The van der Waals surface area contributed by atoms with Gasteiger partial charge in [0.2, 0.25) is 17.7 Å². The Morgan fingerprint density at radius 2 is 1.81 bits per heavy atom. The molecule has 2 aliphatic carbocycles. The fraction of sp³-hybridized carbons (Fsp3) is 0.615. The molecule has 54 heavy (non-hydrogen) atoms. The first-order valence-corrected chi connectivity index (χ1v) is 19.6. The van der Waals surface area contributed by atoms with E-state index in [1.807, 2.05) is 43.7 Å². The number of methoxy groups -OCH3 is 2. The molecule has 3 aliphatic rings. The third-order valence-electron chi connectivity index (χ3n) is 10.6. The third kappa shape index (κ3) is 9.40. The average Bonchev–Trinajstić information content (AvgIpc) is 3.94. The van der Waals surface area contributed by atoms with Crippen LogP contribution in [0, 0.1) is 22.7 Å². The second kappa shape index (κ2) is 15.2. The standard InChI is InChI=1S/C39H53N3O11S/c1-10-25-20-39(25,35(46)41-54(47,48)53-38(7)14-15-38)21-31(43)30-18-27(51-33-28-12-11-26(50-9)17-24(28)13-16-40-33)22-42(30)34(45)29(36(2,3)4)19-32(44)52-37(5,6)23-49-8/h10-13,16-17,25,27,29-30H,1,14-15,18-23H2,2-9H3,(H,41,46)/t25-,27?,29-,30+,39-/m1/s1. The molecule has 0 spiro atoms. The van der Waals surface area contributed by atoms with Crippen LogP contribution in [0.4, 0.5) is 0 Å². The van der Waals surface area contributed by atoms with Gasteiger partial charge in [-0.1, -0.05) is 26.8 Å². The van der Waals surface area contributed by atoms with E-state index in [0.717, 1.165) is 5.39 Å². The summed E-state index contributed by atoms with van der Waals surface area (Å²) in [7, 11) is -1.38. The molecule has 0 bridgehead atoms. The fourth-order valence-corrected chi connectivity index (χ4v) is 8.34. The van der Waals surface area contributed by atoms with Gasteiger partial charge in [0.15, 0.2) is 5.78 Å². The Morgan fingerprint density at radius 1 is 1.11 bits per heavy atom. The maximum absolute atomic E-state index is 14.6. The Hall–Kier alpha value is -4.08. The van der Waals surface area contributed by atoms with Crippen molar-refractivity contribution in [1.82, 2.24) is 14.6 Å². The molecular weight excluding hydrogens is 719 g/mol. The van der Waals surface area contributed by atoms with Gasteiger partial charge in [-0.05, 0) is 81.0 Å². The highest BCUT2D eigenvalue weighted by molar-refractivity contribution is 7.85. The molecular formula is C39H53N3O11S. The third-order valence-corrected chi connectivity index (χ3v) is 11.6. The number of hydrogen-bond acceptors (Lipinski definition) is 12. The maximum atomic E-state index is 14.6. The van der Waals surface area contributed by atoms with Gasteiger partial charge in [0.25, 0.3) is 0 Å². The number of nitrogens with one attached hydrogen (secondary N) is 1. The van der Waals surface area contributed by atoms with Gasteiger partial charge in [-0.2, -0.15) is 8.42 Å². The van der Waals surface area contributed by atoms with Gasteiger partial charge in [0, 0.05) is 31.5 Å². The van der Waals surface area contributed by atoms with E-state index in [1.165, 1.54) is 18.1 Å². The highest BCUT2D eigenvalue weighted by Gasteiger charge is 2.61. The predicted octanol–water partition coefficient (Wildman–Crippen LogP) is 4.69. The molecule has 2 saturated carbocycles. The lowest BCUT2D eigenvalue weighted by molar-refractivity contribution is -0.166. The molecule has 1 unspecified atom stereocenters. The van der Waals surface area contributed by atoms with Crippen molar-refractivity contribution in [2.75, 3.05) is 27.4 Å². The highest BCUT2D eigenvalue weighted by Crippen LogP contribution is 2.57. The second-order valence-corrected chi connectivity index (χ2v) is 18.0. The molecule has 2 amide bonds. The minimum Gasteiger partial charge on any atom is -0.497 e. The van der Waals surface area contributed by atoms with Gasteiger partial charge in [-0.15, -0.1) is 6.58 Å². The van der Waals surface area contributed by atoms with Crippen molar-refractivity contribution >= 4 is 44.6 Å². The van der Waals surface area contributed by atoms with Crippen LogP contribution in [-0.2, 0) is 43.1 Å². The van der Waals surface area contributed by atoms with Crippen molar-refractivity contribution in [3.8, 4) is 11.6 Å². The van der Waals surface area contributed by atoms with E-state index in [-0.39, 0.29) is 38.8 Å². The summed E-state index contributed by atoms with van der Waals surface area (Å²) in [5.74, 6) is -2.78. The van der Waals surface area contributed by atoms with Gasteiger partial charge < -0.3 is 23.8 Å². The molecule has 1 aliphatic heterocycles. The SMILES string of the molecule is C=C[C@@H]1C[C@]1(CC(=O)[C@@H]1CC(Oc2nccc3cc(OC)ccc23)CN1C(=O)[C@@H](CC(=O)OC(C)(C)COC)C(C)(C)C)C(=O)NS(=O)(=O)OC1(C)CC1. The number of pyridine rings is 1. The lowest BCUT2D eigenvalue weighted by Crippen LogP contribution is -2.49. The van der Waals surface area contributed by atoms with Gasteiger partial charge in [-0.3, -0.25) is 19.2 Å². The Bertz CT molecular complexity index is 1900. The number of carbonyl (C=O) groups is 4. The van der Waals surface area contributed by atoms with Crippen LogP contribution in [0.3, 0.4) is 0 Å². The fourth-order valence-electron chi connectivity index (χ4n) is 7.17. The van der Waals surface area contributed by atoms with Crippen LogP contribution in [0.25, 0.3) is 10.8 Å². The number of Topliss-reactive ketones (excluding diaryl/α,β-unsaturated/α-hetero) is 1. The summed E-state index contributed by atoms with van der Waals surface area (Å²) in [5.41, 5.74) is -3.93. The number of esters is 1. The Morgan fingerprint density at radius 3 is 2.41 bits per heavy atom. The van der Waals surface area contributed by atoms with E-state index >= 15 is 0 Å². The summed E-state index contributed by atoms with van der Waals surface area (Å²) in [6.07, 6.45) is 3.15. The number of rotatable bonds is 17. The van der Waals surface area contributed by atoms with Gasteiger partial charge in [-0.25, -0.2) is 13.9 Å². The first kappa shape index (κ1) is 41.1. The van der Waals surface area contributed by atoms with Crippen LogP contribution >= 0.6 is 0 Å². The van der Waals surface area contributed by atoms with Crippen molar-refractivity contribution in [3.05, 3.63) is 43.1 Å². The molecule has 3 fully saturated rings. The molecule has 1 aromatic heterocycles. The van der Waals surface area contributed by atoms with Crippen molar-refractivity contribution in [3.63, 3.8) is 0 Å². The number of nitrogens with zero attached hydrogens (tertiary/aromatic N) is 2. The number of hydrogen-bond donors (Lipinski definition) is 1. The minimum atomic E-state index is -4.45. The van der Waals surface area contributed by atoms with E-state index in [0.29, 0.717) is 29.9 Å². The Balaban J connectivity index is 1.43. The number of allylic oxidation sites excluding steroid dienone is 1. The topological polar surface area (TPSA) is 177 Å². The normalized spacial score (nSPS) is 24.0. The average molecular weight is 772 g/mol. The molecule has 1 aromatic carbocycles. The van der Waals surface area contributed by atoms with Gasteiger partial charge >= 0.3 is 16.3 Å². The quantitative estimate of drug-likeness (QED) is 0.174. The number of likely N-dealkylation sites (tertiary alicyclic amines) is 1. The minimum absolute atomic E-state index is 0.00879.